The van der Waals surface area contributed by atoms with Gasteiger partial charge in [-0.1, -0.05) is 37.3 Å². The summed E-state index contributed by atoms with van der Waals surface area (Å²) in [5.74, 6) is -0.590. The SMILES string of the molecule is CC(=O)c1ccc(NC(=O)O[C@H](c2ccc(O)c3ccccc23)[C@H](C)CCOC(=O)CS)cc1. The van der Waals surface area contributed by atoms with Gasteiger partial charge < -0.3 is 14.6 Å². The maximum Gasteiger partial charge on any atom is 0.412 e. The van der Waals surface area contributed by atoms with Crippen LogP contribution in [0.25, 0.3) is 10.8 Å². The summed E-state index contributed by atoms with van der Waals surface area (Å²) in [4.78, 5) is 35.7. The molecule has 2 atom stereocenters. The zero-order chi connectivity index (χ0) is 24.7. The van der Waals surface area contributed by atoms with Gasteiger partial charge in [0.15, 0.2) is 5.78 Å². The summed E-state index contributed by atoms with van der Waals surface area (Å²) in [5, 5.41) is 14.4. The van der Waals surface area contributed by atoms with E-state index in [1.165, 1.54) is 6.92 Å². The van der Waals surface area contributed by atoms with Crippen molar-refractivity contribution in [2.24, 2.45) is 5.92 Å². The molecule has 3 aromatic rings. The van der Waals surface area contributed by atoms with Crippen LogP contribution in [-0.2, 0) is 14.3 Å². The highest BCUT2D eigenvalue weighted by Gasteiger charge is 2.26. The molecule has 34 heavy (non-hydrogen) atoms. The summed E-state index contributed by atoms with van der Waals surface area (Å²) >= 11 is 3.90. The number of nitrogens with one attached hydrogen (secondary N) is 1. The molecule has 0 saturated carbocycles. The number of esters is 1. The molecule has 0 radical (unpaired) electrons. The van der Waals surface area contributed by atoms with Crippen molar-refractivity contribution >= 4 is 46.9 Å². The average molecular weight is 482 g/mol. The van der Waals surface area contributed by atoms with Crippen LogP contribution in [0, 0.1) is 5.92 Å². The minimum Gasteiger partial charge on any atom is -0.507 e. The number of benzene rings is 3. The monoisotopic (exact) mass is 481 g/mol. The van der Waals surface area contributed by atoms with Gasteiger partial charge >= 0.3 is 12.1 Å². The first-order chi connectivity index (χ1) is 16.3. The number of ketones is 1. The number of carbonyl (C=O) groups is 3. The first-order valence-electron chi connectivity index (χ1n) is 10.9. The molecule has 3 aromatic carbocycles. The maximum absolute atomic E-state index is 12.8. The number of hydrogen-bond acceptors (Lipinski definition) is 7. The lowest BCUT2D eigenvalue weighted by Gasteiger charge is -2.26. The molecule has 178 valence electrons. The van der Waals surface area contributed by atoms with Crippen molar-refractivity contribution in [3.8, 4) is 5.75 Å². The largest absolute Gasteiger partial charge is 0.507 e. The van der Waals surface area contributed by atoms with Gasteiger partial charge in [-0.05, 0) is 49.1 Å². The second-order valence-corrected chi connectivity index (χ2v) is 8.26. The number of phenols is 1. The molecule has 8 heteroatoms. The van der Waals surface area contributed by atoms with Crippen molar-refractivity contribution in [2.45, 2.75) is 26.4 Å². The fraction of sp³-hybridized carbons (Fsp3) is 0.269. The maximum atomic E-state index is 12.8. The number of phenolic OH excluding ortho intramolecular Hbond substituents is 1. The van der Waals surface area contributed by atoms with Crippen molar-refractivity contribution in [1.29, 1.82) is 0 Å². The van der Waals surface area contributed by atoms with Crippen LogP contribution in [0.15, 0.2) is 60.7 Å². The van der Waals surface area contributed by atoms with E-state index < -0.39 is 18.2 Å². The van der Waals surface area contributed by atoms with Gasteiger partial charge in [-0.15, -0.1) is 0 Å². The molecular weight excluding hydrogens is 454 g/mol. The Kier molecular flexibility index (Phi) is 8.54. The second kappa shape index (κ2) is 11.6. The molecule has 2 N–H and O–H groups in total. The van der Waals surface area contributed by atoms with Crippen molar-refractivity contribution < 1.29 is 29.0 Å². The number of aromatic hydroxyl groups is 1. The number of carbonyl (C=O) groups excluding carboxylic acids is 3. The number of amides is 1. The minimum atomic E-state index is -0.684. The Hall–Kier alpha value is -3.52. The summed E-state index contributed by atoms with van der Waals surface area (Å²) in [6, 6.07) is 17.1. The fourth-order valence-corrected chi connectivity index (χ4v) is 3.74. The Bertz CT molecular complexity index is 1180. The quantitative estimate of drug-likeness (QED) is 0.211. The van der Waals surface area contributed by atoms with Gasteiger partial charge in [0.05, 0.1) is 12.4 Å². The predicted octanol–water partition coefficient (Wildman–Crippen LogP) is 5.54. The standard InChI is InChI=1S/C26H27NO6S/c1-16(13-14-32-24(30)15-34)25(22-11-12-23(29)21-6-4-3-5-20(21)22)33-26(31)27-19-9-7-18(8-10-19)17(2)28/h3-12,16,25,29,34H,13-15H2,1-2H3,(H,27,31)/t16-,25+/m1/s1. The third-order valence-electron chi connectivity index (χ3n) is 5.50. The average Bonchev–Trinajstić information content (AvgIpc) is 2.83. The third-order valence-corrected chi connectivity index (χ3v) is 5.75. The van der Waals surface area contributed by atoms with Gasteiger partial charge in [-0.25, -0.2) is 4.79 Å². The van der Waals surface area contributed by atoms with Crippen LogP contribution in [0.2, 0.25) is 0 Å². The normalized spacial score (nSPS) is 12.6. The van der Waals surface area contributed by atoms with E-state index in [1.807, 2.05) is 25.1 Å². The van der Waals surface area contributed by atoms with E-state index in [4.69, 9.17) is 9.47 Å². The number of thiol groups is 1. The van der Waals surface area contributed by atoms with Crippen LogP contribution in [0.4, 0.5) is 10.5 Å². The summed E-state index contributed by atoms with van der Waals surface area (Å²) in [6.07, 6.45) is -0.909. The Morgan fingerprint density at radius 1 is 1.00 bits per heavy atom. The molecule has 0 aliphatic heterocycles. The molecular formula is C26H27NO6S. The highest BCUT2D eigenvalue weighted by Crippen LogP contribution is 2.37. The first kappa shape index (κ1) is 25.1. The van der Waals surface area contributed by atoms with Gasteiger partial charge in [0, 0.05) is 28.1 Å². The van der Waals surface area contributed by atoms with Crippen LogP contribution in [0.3, 0.4) is 0 Å². The Balaban J connectivity index is 1.84. The zero-order valence-corrected chi connectivity index (χ0v) is 19.9. The van der Waals surface area contributed by atoms with Gasteiger partial charge in [-0.3, -0.25) is 14.9 Å². The van der Waals surface area contributed by atoms with Gasteiger partial charge in [0.25, 0.3) is 0 Å². The third kappa shape index (κ3) is 6.29. The van der Waals surface area contributed by atoms with E-state index >= 15 is 0 Å². The number of ether oxygens (including phenoxy) is 2. The lowest BCUT2D eigenvalue weighted by atomic mass is 9.90. The number of rotatable bonds is 9. The van der Waals surface area contributed by atoms with E-state index in [2.05, 4.69) is 17.9 Å². The molecule has 3 rings (SSSR count). The molecule has 1 amide bonds. The Morgan fingerprint density at radius 3 is 2.32 bits per heavy atom. The number of fused-ring (bicyclic) bond motifs is 1. The van der Waals surface area contributed by atoms with Crippen molar-refractivity contribution in [1.82, 2.24) is 0 Å². The van der Waals surface area contributed by atoms with Gasteiger partial charge in [0.2, 0.25) is 0 Å². The lowest BCUT2D eigenvalue weighted by Crippen LogP contribution is -2.23. The highest BCUT2D eigenvalue weighted by molar-refractivity contribution is 7.81. The molecule has 0 aromatic heterocycles. The van der Waals surface area contributed by atoms with E-state index in [9.17, 15) is 19.5 Å². The van der Waals surface area contributed by atoms with Gasteiger partial charge in [0.1, 0.15) is 11.9 Å². The lowest BCUT2D eigenvalue weighted by molar-refractivity contribution is -0.141. The minimum absolute atomic E-state index is 0.0122. The van der Waals surface area contributed by atoms with E-state index in [1.54, 1.807) is 42.5 Å². The smallest absolute Gasteiger partial charge is 0.412 e. The fourth-order valence-electron chi connectivity index (χ4n) is 3.65. The summed E-state index contributed by atoms with van der Waals surface area (Å²) < 4.78 is 11.0. The second-order valence-electron chi connectivity index (χ2n) is 7.95. The summed E-state index contributed by atoms with van der Waals surface area (Å²) in [6.45, 7) is 3.53. The summed E-state index contributed by atoms with van der Waals surface area (Å²) in [7, 11) is 0. The van der Waals surface area contributed by atoms with E-state index in [0.717, 1.165) is 10.9 Å². The van der Waals surface area contributed by atoms with Crippen LogP contribution in [0.1, 0.15) is 42.3 Å². The predicted molar refractivity (Wildman–Crippen MR) is 133 cm³/mol. The molecule has 0 fully saturated rings. The van der Waals surface area contributed by atoms with Gasteiger partial charge in [-0.2, -0.15) is 12.6 Å². The van der Waals surface area contributed by atoms with E-state index in [-0.39, 0.29) is 29.8 Å². The first-order valence-corrected chi connectivity index (χ1v) is 11.5. The van der Waals surface area contributed by atoms with Crippen molar-refractivity contribution in [3.05, 3.63) is 71.8 Å². The highest BCUT2D eigenvalue weighted by atomic mass is 32.1. The molecule has 0 aliphatic carbocycles. The molecule has 0 saturated heterocycles. The number of hydrogen-bond donors (Lipinski definition) is 3. The molecule has 0 heterocycles. The molecule has 7 nitrogen and oxygen atoms in total. The summed E-state index contributed by atoms with van der Waals surface area (Å²) in [5.41, 5.74) is 1.75. The number of Topliss-reactive ketones (excluding diaryl/α,β-unsaturated/α-hetero) is 1. The Labute approximate surface area is 203 Å². The zero-order valence-electron chi connectivity index (χ0n) is 19.0. The van der Waals surface area contributed by atoms with Crippen LogP contribution in [0.5, 0.6) is 5.75 Å². The molecule has 0 aliphatic rings. The van der Waals surface area contributed by atoms with Crippen LogP contribution in [-0.4, -0.2) is 35.3 Å². The van der Waals surface area contributed by atoms with E-state index in [0.29, 0.717) is 23.1 Å². The molecule has 0 bridgehead atoms. The Morgan fingerprint density at radius 2 is 1.68 bits per heavy atom. The van der Waals surface area contributed by atoms with Crippen LogP contribution < -0.4 is 5.32 Å². The topological polar surface area (TPSA) is 102 Å². The van der Waals surface area contributed by atoms with Crippen molar-refractivity contribution in [3.63, 3.8) is 0 Å². The molecule has 0 unspecified atom stereocenters. The molecule has 0 spiro atoms. The van der Waals surface area contributed by atoms with Crippen molar-refractivity contribution in [2.75, 3.05) is 17.7 Å². The van der Waals surface area contributed by atoms with Crippen LogP contribution >= 0.6 is 12.6 Å². The number of anilines is 1.